The minimum Gasteiger partial charge on any atom is -0.478 e. The first-order valence-electron chi connectivity index (χ1n) is 4.36. The van der Waals surface area contributed by atoms with E-state index in [1.807, 2.05) is 0 Å². The highest BCUT2D eigenvalue weighted by Gasteiger charge is 2.12. The Labute approximate surface area is 89.3 Å². The normalized spacial score (nSPS) is 10.2. The van der Waals surface area contributed by atoms with Gasteiger partial charge in [0.1, 0.15) is 0 Å². The van der Waals surface area contributed by atoms with Gasteiger partial charge in [-0.1, -0.05) is 0 Å². The highest BCUT2D eigenvalue weighted by atomic mass is 16.6. The number of nitrogens with zero attached hydrogens (tertiary/aromatic N) is 2. The maximum Gasteiger partial charge on any atom is 0.336 e. The van der Waals surface area contributed by atoms with E-state index < -0.39 is 10.9 Å². The zero-order valence-electron chi connectivity index (χ0n) is 7.95. The molecule has 0 aliphatic heterocycles. The van der Waals surface area contributed by atoms with Crippen LogP contribution in [0.15, 0.2) is 30.5 Å². The third-order valence-corrected chi connectivity index (χ3v) is 2.17. The number of carbonyl (C=O) groups is 1. The molecule has 1 aromatic carbocycles. The summed E-state index contributed by atoms with van der Waals surface area (Å²) >= 11 is 0. The van der Waals surface area contributed by atoms with Crippen molar-refractivity contribution in [3.05, 3.63) is 46.1 Å². The topological polar surface area (TPSA) is 93.3 Å². The molecule has 0 aliphatic rings. The van der Waals surface area contributed by atoms with Gasteiger partial charge in [-0.05, 0) is 12.1 Å². The number of fused-ring (bicyclic) bond motifs is 1. The highest BCUT2D eigenvalue weighted by Crippen LogP contribution is 2.21. The predicted octanol–water partition coefficient (Wildman–Crippen LogP) is 1.84. The number of aromatic carboxylic acids is 1. The highest BCUT2D eigenvalue weighted by molar-refractivity contribution is 6.02. The van der Waals surface area contributed by atoms with Gasteiger partial charge < -0.3 is 5.11 Å². The van der Waals surface area contributed by atoms with Gasteiger partial charge in [0, 0.05) is 23.7 Å². The second-order valence-corrected chi connectivity index (χ2v) is 3.12. The second-order valence-electron chi connectivity index (χ2n) is 3.12. The summed E-state index contributed by atoms with van der Waals surface area (Å²) in [5.41, 5.74) is 0.275. The number of aromatic nitrogens is 1. The summed E-state index contributed by atoms with van der Waals surface area (Å²) < 4.78 is 0. The Bertz CT molecular complexity index is 594. The second kappa shape index (κ2) is 3.58. The molecule has 0 fully saturated rings. The predicted molar refractivity (Wildman–Crippen MR) is 55.4 cm³/mol. The summed E-state index contributed by atoms with van der Waals surface area (Å²) in [7, 11) is 0. The Balaban J connectivity index is 2.73. The summed E-state index contributed by atoms with van der Waals surface area (Å²) in [5.74, 6) is -1.08. The Morgan fingerprint density at radius 1 is 1.38 bits per heavy atom. The maximum absolute atomic E-state index is 10.9. The average Bonchev–Trinajstić information content (AvgIpc) is 2.27. The molecule has 16 heavy (non-hydrogen) atoms. The number of non-ortho nitro benzene ring substituents is 1. The van der Waals surface area contributed by atoms with E-state index in [-0.39, 0.29) is 11.3 Å². The fraction of sp³-hybridized carbons (Fsp3) is 0. The first-order valence-corrected chi connectivity index (χ1v) is 4.36. The Kier molecular flexibility index (Phi) is 2.24. The maximum atomic E-state index is 10.9. The number of hydrogen-bond acceptors (Lipinski definition) is 4. The fourth-order valence-corrected chi connectivity index (χ4v) is 1.44. The third-order valence-electron chi connectivity index (χ3n) is 2.17. The number of nitro groups is 1. The molecule has 6 nitrogen and oxygen atoms in total. The van der Waals surface area contributed by atoms with Gasteiger partial charge in [-0.15, -0.1) is 0 Å². The van der Waals surface area contributed by atoms with E-state index in [2.05, 4.69) is 4.98 Å². The summed E-state index contributed by atoms with van der Waals surface area (Å²) in [6.45, 7) is 0. The molecule has 1 aromatic heterocycles. The van der Waals surface area contributed by atoms with E-state index in [0.29, 0.717) is 10.9 Å². The molecule has 1 heterocycles. The number of nitro benzene ring substituents is 1. The van der Waals surface area contributed by atoms with Crippen LogP contribution in [0.25, 0.3) is 10.9 Å². The van der Waals surface area contributed by atoms with Crippen LogP contribution in [0.1, 0.15) is 10.4 Å². The van der Waals surface area contributed by atoms with Crippen LogP contribution in [-0.2, 0) is 0 Å². The van der Waals surface area contributed by atoms with E-state index in [9.17, 15) is 14.9 Å². The first kappa shape index (κ1) is 10.0. The summed E-state index contributed by atoms with van der Waals surface area (Å²) in [5, 5.41) is 19.8. The molecule has 2 aromatic rings. The van der Waals surface area contributed by atoms with Crippen molar-refractivity contribution in [3.63, 3.8) is 0 Å². The molecule has 0 spiro atoms. The van der Waals surface area contributed by atoms with Crippen LogP contribution in [0.4, 0.5) is 5.69 Å². The standard InChI is InChI=1S/C10H6N2O4/c13-10(14)8-3-4-11-9-5-6(12(15)16)1-2-7(8)9/h1-5H,(H,13,14). The van der Waals surface area contributed by atoms with Crippen LogP contribution in [0, 0.1) is 10.1 Å². The lowest BCUT2D eigenvalue weighted by Gasteiger charge is -2.00. The van der Waals surface area contributed by atoms with E-state index in [0.717, 1.165) is 0 Å². The zero-order valence-corrected chi connectivity index (χ0v) is 7.95. The van der Waals surface area contributed by atoms with E-state index in [1.54, 1.807) is 0 Å². The van der Waals surface area contributed by atoms with Crippen LogP contribution >= 0.6 is 0 Å². The molecule has 0 amide bonds. The van der Waals surface area contributed by atoms with Gasteiger partial charge in [-0.25, -0.2) is 4.79 Å². The molecule has 0 aliphatic carbocycles. The van der Waals surface area contributed by atoms with E-state index in [1.165, 1.54) is 30.5 Å². The molecule has 80 valence electrons. The Morgan fingerprint density at radius 3 is 2.75 bits per heavy atom. The SMILES string of the molecule is O=C(O)c1ccnc2cc([N+](=O)[O-])ccc12. The zero-order chi connectivity index (χ0) is 11.7. The molecule has 0 saturated heterocycles. The number of hydrogen-bond donors (Lipinski definition) is 1. The van der Waals surface area contributed by atoms with Gasteiger partial charge in [0.05, 0.1) is 16.0 Å². The largest absolute Gasteiger partial charge is 0.478 e. The molecule has 0 radical (unpaired) electrons. The molecule has 1 N–H and O–H groups in total. The van der Waals surface area contributed by atoms with Gasteiger partial charge in [-0.3, -0.25) is 15.1 Å². The summed E-state index contributed by atoms with van der Waals surface area (Å²) in [6, 6.07) is 5.26. The van der Waals surface area contributed by atoms with Crippen LogP contribution in [-0.4, -0.2) is 21.0 Å². The quantitative estimate of drug-likeness (QED) is 0.613. The molecule has 0 bridgehead atoms. The van der Waals surface area contributed by atoms with Crippen LogP contribution in [0.2, 0.25) is 0 Å². The van der Waals surface area contributed by atoms with Crippen molar-refractivity contribution in [1.82, 2.24) is 4.98 Å². The molecule has 0 atom stereocenters. The number of carboxylic acids is 1. The van der Waals surface area contributed by atoms with Crippen LogP contribution < -0.4 is 0 Å². The monoisotopic (exact) mass is 218 g/mol. The van der Waals surface area contributed by atoms with E-state index >= 15 is 0 Å². The number of pyridine rings is 1. The van der Waals surface area contributed by atoms with Crippen molar-refractivity contribution in [2.45, 2.75) is 0 Å². The van der Waals surface area contributed by atoms with Crippen molar-refractivity contribution in [1.29, 1.82) is 0 Å². The Morgan fingerprint density at radius 2 is 2.12 bits per heavy atom. The molecule has 0 unspecified atom stereocenters. The number of rotatable bonds is 2. The van der Waals surface area contributed by atoms with Gasteiger partial charge in [0.2, 0.25) is 0 Å². The molecular formula is C10H6N2O4. The fourth-order valence-electron chi connectivity index (χ4n) is 1.44. The molecule has 6 heteroatoms. The van der Waals surface area contributed by atoms with Gasteiger partial charge >= 0.3 is 5.97 Å². The lowest BCUT2D eigenvalue weighted by Crippen LogP contribution is -1.98. The minimum atomic E-state index is -1.08. The van der Waals surface area contributed by atoms with Crippen molar-refractivity contribution < 1.29 is 14.8 Å². The average molecular weight is 218 g/mol. The van der Waals surface area contributed by atoms with Gasteiger partial charge in [0.15, 0.2) is 0 Å². The van der Waals surface area contributed by atoms with Crippen molar-refractivity contribution in [3.8, 4) is 0 Å². The molecule has 2 rings (SSSR count). The Hall–Kier alpha value is -2.50. The number of benzene rings is 1. The van der Waals surface area contributed by atoms with Gasteiger partial charge in [-0.2, -0.15) is 0 Å². The van der Waals surface area contributed by atoms with Crippen molar-refractivity contribution in [2.24, 2.45) is 0 Å². The molecular weight excluding hydrogens is 212 g/mol. The summed E-state index contributed by atoms with van der Waals surface area (Å²) in [6.07, 6.45) is 1.31. The van der Waals surface area contributed by atoms with E-state index in [4.69, 9.17) is 5.11 Å². The van der Waals surface area contributed by atoms with Crippen molar-refractivity contribution >= 4 is 22.6 Å². The number of carboxylic acid groups (broad SMARTS) is 1. The summed E-state index contributed by atoms with van der Waals surface area (Å²) in [4.78, 5) is 24.7. The lowest BCUT2D eigenvalue weighted by molar-refractivity contribution is -0.384. The van der Waals surface area contributed by atoms with Gasteiger partial charge in [0.25, 0.3) is 5.69 Å². The van der Waals surface area contributed by atoms with Crippen LogP contribution in [0.3, 0.4) is 0 Å². The third kappa shape index (κ3) is 1.56. The van der Waals surface area contributed by atoms with Crippen LogP contribution in [0.5, 0.6) is 0 Å². The smallest absolute Gasteiger partial charge is 0.336 e. The minimum absolute atomic E-state index is 0.0832. The lowest BCUT2D eigenvalue weighted by atomic mass is 10.1. The van der Waals surface area contributed by atoms with Crippen molar-refractivity contribution in [2.75, 3.05) is 0 Å². The molecule has 0 saturated carbocycles. The first-order chi connectivity index (χ1) is 7.59.